The minimum absolute atomic E-state index is 0.383. The highest BCUT2D eigenvalue weighted by Crippen LogP contribution is 2.40. The third kappa shape index (κ3) is 3.71. The van der Waals surface area contributed by atoms with Crippen LogP contribution in [0.15, 0.2) is 42.6 Å². The molecule has 0 radical (unpaired) electrons. The molecule has 152 valence electrons. The quantitative estimate of drug-likeness (QED) is 0.666. The van der Waals surface area contributed by atoms with Crippen molar-refractivity contribution in [1.29, 1.82) is 0 Å². The largest absolute Gasteiger partial charge is 0.433 e. The number of halogens is 3. The first-order chi connectivity index (χ1) is 14.0. The summed E-state index contributed by atoms with van der Waals surface area (Å²) >= 11 is 1.71. The summed E-state index contributed by atoms with van der Waals surface area (Å²) in [5.74, 6) is 1.38. The average molecular weight is 418 g/mol. The number of rotatable bonds is 4. The molecule has 29 heavy (non-hydrogen) atoms. The Morgan fingerprint density at radius 2 is 2.03 bits per heavy atom. The Kier molecular flexibility index (Phi) is 4.70. The highest BCUT2D eigenvalue weighted by Gasteiger charge is 2.43. The maximum atomic E-state index is 13.0. The van der Waals surface area contributed by atoms with Gasteiger partial charge in [0.2, 0.25) is 0 Å². The van der Waals surface area contributed by atoms with Crippen LogP contribution in [0.3, 0.4) is 0 Å². The molecule has 5 rings (SSSR count). The monoisotopic (exact) mass is 418 g/mol. The molecule has 1 N–H and O–H groups in total. The lowest BCUT2D eigenvalue weighted by Gasteiger charge is -2.23. The van der Waals surface area contributed by atoms with Gasteiger partial charge in [-0.1, -0.05) is 12.1 Å². The summed E-state index contributed by atoms with van der Waals surface area (Å²) in [4.78, 5) is 12.6. The summed E-state index contributed by atoms with van der Waals surface area (Å²) in [6.45, 7) is 2.34. The van der Waals surface area contributed by atoms with Crippen LogP contribution in [-0.2, 0) is 12.7 Å². The maximum absolute atomic E-state index is 13.0. The van der Waals surface area contributed by atoms with E-state index in [0.29, 0.717) is 23.7 Å². The summed E-state index contributed by atoms with van der Waals surface area (Å²) in [5, 5.41) is 4.86. The molecular weight excluding hydrogens is 397 g/mol. The second-order valence-corrected chi connectivity index (χ2v) is 9.00. The molecule has 0 bridgehead atoms. The molecule has 4 heterocycles. The van der Waals surface area contributed by atoms with E-state index in [1.165, 1.54) is 16.3 Å². The van der Waals surface area contributed by atoms with E-state index >= 15 is 0 Å². The van der Waals surface area contributed by atoms with Gasteiger partial charge in [0.15, 0.2) is 0 Å². The van der Waals surface area contributed by atoms with Crippen molar-refractivity contribution in [2.75, 3.05) is 18.0 Å². The number of pyridine rings is 2. The second-order valence-electron chi connectivity index (χ2n) is 7.88. The molecule has 3 aromatic rings. The van der Waals surface area contributed by atoms with Crippen molar-refractivity contribution in [2.45, 2.75) is 31.6 Å². The van der Waals surface area contributed by atoms with Gasteiger partial charge in [-0.2, -0.15) is 13.2 Å². The number of nitrogens with zero attached hydrogens (tertiary/aromatic N) is 3. The SMILES string of the molecule is FC(F)(F)c1cccc(N2CC3CCC(NCc4cc5cccnc5s4)C3C2)n1. The third-order valence-electron chi connectivity index (χ3n) is 6.09. The zero-order valence-electron chi connectivity index (χ0n) is 15.7. The van der Waals surface area contributed by atoms with Gasteiger partial charge >= 0.3 is 6.18 Å². The Morgan fingerprint density at radius 3 is 2.86 bits per heavy atom. The molecule has 2 aliphatic rings. The van der Waals surface area contributed by atoms with E-state index in [0.717, 1.165) is 43.4 Å². The van der Waals surface area contributed by atoms with Crippen LogP contribution < -0.4 is 10.2 Å². The zero-order chi connectivity index (χ0) is 20.0. The summed E-state index contributed by atoms with van der Waals surface area (Å²) in [5.41, 5.74) is -0.819. The second kappa shape index (κ2) is 7.25. The molecular formula is C21H21F3N4S. The topological polar surface area (TPSA) is 41.0 Å². The Bertz CT molecular complexity index is 985. The Balaban J connectivity index is 1.25. The minimum atomic E-state index is -4.41. The third-order valence-corrected chi connectivity index (χ3v) is 7.15. The van der Waals surface area contributed by atoms with Gasteiger partial charge < -0.3 is 10.2 Å². The first kappa shape index (κ1) is 18.8. The molecule has 3 atom stereocenters. The van der Waals surface area contributed by atoms with Gasteiger partial charge in [-0.3, -0.25) is 0 Å². The van der Waals surface area contributed by atoms with E-state index in [2.05, 4.69) is 27.4 Å². The lowest BCUT2D eigenvalue weighted by atomic mass is 9.98. The lowest BCUT2D eigenvalue weighted by Crippen LogP contribution is -2.35. The van der Waals surface area contributed by atoms with E-state index in [4.69, 9.17) is 0 Å². The molecule has 0 aromatic carbocycles. The van der Waals surface area contributed by atoms with Crippen molar-refractivity contribution in [1.82, 2.24) is 15.3 Å². The summed E-state index contributed by atoms with van der Waals surface area (Å²) in [6.07, 6.45) is -0.380. The van der Waals surface area contributed by atoms with Gasteiger partial charge in [0, 0.05) is 42.1 Å². The van der Waals surface area contributed by atoms with E-state index < -0.39 is 11.9 Å². The molecule has 0 spiro atoms. The van der Waals surface area contributed by atoms with Crippen LogP contribution in [0, 0.1) is 11.8 Å². The fraction of sp³-hybridized carbons (Fsp3) is 0.429. The predicted molar refractivity (Wildman–Crippen MR) is 108 cm³/mol. The van der Waals surface area contributed by atoms with Crippen molar-refractivity contribution in [3.8, 4) is 0 Å². The van der Waals surface area contributed by atoms with Gasteiger partial charge in [0.1, 0.15) is 16.3 Å². The van der Waals surface area contributed by atoms with Gasteiger partial charge in [0.05, 0.1) is 0 Å². The fourth-order valence-electron chi connectivity index (χ4n) is 4.71. The predicted octanol–water partition coefficient (Wildman–Crippen LogP) is 4.71. The van der Waals surface area contributed by atoms with E-state index in [9.17, 15) is 13.2 Å². The molecule has 3 aromatic heterocycles. The van der Waals surface area contributed by atoms with Crippen LogP contribution in [0.25, 0.3) is 10.2 Å². The van der Waals surface area contributed by atoms with Crippen molar-refractivity contribution in [2.24, 2.45) is 11.8 Å². The van der Waals surface area contributed by atoms with Crippen LogP contribution in [0.4, 0.5) is 19.0 Å². The Morgan fingerprint density at radius 1 is 1.14 bits per heavy atom. The van der Waals surface area contributed by atoms with Gasteiger partial charge in [-0.05, 0) is 48.9 Å². The van der Waals surface area contributed by atoms with Crippen LogP contribution >= 0.6 is 11.3 Å². The maximum Gasteiger partial charge on any atom is 0.433 e. The Hall–Kier alpha value is -2.19. The number of alkyl halides is 3. The number of hydrogen-bond donors (Lipinski definition) is 1. The molecule has 1 aliphatic carbocycles. The van der Waals surface area contributed by atoms with Crippen molar-refractivity contribution in [3.05, 3.63) is 53.2 Å². The van der Waals surface area contributed by atoms with Crippen LogP contribution in [-0.4, -0.2) is 29.1 Å². The molecule has 3 unspecified atom stereocenters. The van der Waals surface area contributed by atoms with Gasteiger partial charge in [-0.15, -0.1) is 11.3 Å². The van der Waals surface area contributed by atoms with E-state index in [-0.39, 0.29) is 0 Å². The molecule has 1 saturated carbocycles. The smallest absolute Gasteiger partial charge is 0.356 e. The molecule has 0 amide bonds. The highest BCUT2D eigenvalue weighted by atomic mass is 32.1. The fourth-order valence-corrected chi connectivity index (χ4v) is 5.66. The standard InChI is InChI=1S/C21H21F3N4S/c22-21(23,24)18-4-1-5-19(27-18)28-11-14-6-7-17(16(14)12-28)26-10-15-9-13-3-2-8-25-20(13)29-15/h1-5,8-9,14,16-17,26H,6-7,10-12H2. The first-order valence-electron chi connectivity index (χ1n) is 9.83. The number of nitrogens with one attached hydrogen (secondary N) is 1. The number of thiophene rings is 1. The molecule has 2 fully saturated rings. The number of anilines is 1. The normalized spacial score (nSPS) is 24.4. The molecule has 4 nitrogen and oxygen atoms in total. The molecule has 8 heteroatoms. The highest BCUT2D eigenvalue weighted by molar-refractivity contribution is 7.18. The van der Waals surface area contributed by atoms with Crippen molar-refractivity contribution >= 4 is 27.4 Å². The van der Waals surface area contributed by atoms with Crippen LogP contribution in [0.5, 0.6) is 0 Å². The minimum Gasteiger partial charge on any atom is -0.356 e. The lowest BCUT2D eigenvalue weighted by molar-refractivity contribution is -0.141. The Labute approximate surface area is 170 Å². The van der Waals surface area contributed by atoms with Crippen molar-refractivity contribution in [3.63, 3.8) is 0 Å². The first-order valence-corrected chi connectivity index (χ1v) is 10.6. The number of fused-ring (bicyclic) bond motifs is 2. The van der Waals surface area contributed by atoms with Crippen molar-refractivity contribution < 1.29 is 13.2 Å². The average Bonchev–Trinajstić information content (AvgIpc) is 3.39. The number of hydrogen-bond acceptors (Lipinski definition) is 5. The molecule has 1 saturated heterocycles. The number of aromatic nitrogens is 2. The summed E-state index contributed by atoms with van der Waals surface area (Å²) < 4.78 is 39.0. The van der Waals surface area contributed by atoms with Gasteiger partial charge in [-0.25, -0.2) is 9.97 Å². The zero-order valence-corrected chi connectivity index (χ0v) is 16.5. The van der Waals surface area contributed by atoms with E-state index in [1.807, 2.05) is 17.2 Å². The van der Waals surface area contributed by atoms with E-state index in [1.54, 1.807) is 17.4 Å². The summed E-state index contributed by atoms with van der Waals surface area (Å²) in [7, 11) is 0. The summed E-state index contributed by atoms with van der Waals surface area (Å²) in [6, 6.07) is 10.7. The van der Waals surface area contributed by atoms with Crippen LogP contribution in [0.1, 0.15) is 23.4 Å². The van der Waals surface area contributed by atoms with Crippen LogP contribution in [0.2, 0.25) is 0 Å². The molecule has 1 aliphatic heterocycles. The van der Waals surface area contributed by atoms with Gasteiger partial charge in [0.25, 0.3) is 0 Å².